The number of imidazole rings is 2. The van der Waals surface area contributed by atoms with Gasteiger partial charge in [-0.05, 0) is 39.2 Å². The summed E-state index contributed by atoms with van der Waals surface area (Å²) in [6, 6.07) is 0. The van der Waals surface area contributed by atoms with Crippen LogP contribution in [0.5, 0.6) is 0 Å². The maximum absolute atomic E-state index is 4.10. The summed E-state index contributed by atoms with van der Waals surface area (Å²) >= 11 is 1.44. The Kier molecular flexibility index (Phi) is 7.45. The maximum atomic E-state index is 4.10. The maximum Gasteiger partial charge on any atom is 0.108 e. The van der Waals surface area contributed by atoms with E-state index in [0.29, 0.717) is 0 Å². The van der Waals surface area contributed by atoms with Crippen molar-refractivity contribution < 1.29 is 0 Å². The summed E-state index contributed by atoms with van der Waals surface area (Å²) < 4.78 is 5.74. The molecule has 22 heavy (non-hydrogen) atoms. The molecule has 0 aliphatic carbocycles. The second-order valence-corrected chi connectivity index (χ2v) is 5.79. The first-order chi connectivity index (χ1) is 10.5. The van der Waals surface area contributed by atoms with Crippen molar-refractivity contribution in [1.82, 2.24) is 29.1 Å². The van der Waals surface area contributed by atoms with Gasteiger partial charge in [-0.25, -0.2) is 9.97 Å². The molecule has 3 rings (SSSR count). The SMILES string of the molecule is CCc1nccn1C.Cc1nc[nH]c1C.Cc1nnsc1C. The van der Waals surface area contributed by atoms with Crippen LogP contribution in [0.25, 0.3) is 0 Å². The third kappa shape index (κ3) is 5.77. The molecular weight excluding hydrogens is 296 g/mol. The van der Waals surface area contributed by atoms with Crippen LogP contribution < -0.4 is 0 Å². The minimum absolute atomic E-state index is 1.02. The third-order valence-electron chi connectivity index (χ3n) is 3.20. The Hall–Kier alpha value is -2.02. The Bertz CT molecular complexity index is 596. The molecule has 0 saturated heterocycles. The summed E-state index contributed by atoms with van der Waals surface area (Å²) in [5, 5.41) is 3.78. The minimum Gasteiger partial charge on any atom is -0.348 e. The van der Waals surface area contributed by atoms with Crippen LogP contribution in [-0.4, -0.2) is 29.1 Å². The number of hydrogen-bond acceptors (Lipinski definition) is 5. The Morgan fingerprint density at radius 2 is 1.86 bits per heavy atom. The molecule has 3 aromatic heterocycles. The molecule has 0 bridgehead atoms. The van der Waals surface area contributed by atoms with Crippen molar-refractivity contribution in [2.24, 2.45) is 7.05 Å². The third-order valence-corrected chi connectivity index (χ3v) is 3.93. The second-order valence-electron chi connectivity index (χ2n) is 4.84. The lowest BCUT2D eigenvalue weighted by Crippen LogP contribution is -1.92. The number of aromatic amines is 1. The van der Waals surface area contributed by atoms with Crippen molar-refractivity contribution in [2.45, 2.75) is 41.0 Å². The van der Waals surface area contributed by atoms with E-state index in [1.54, 1.807) is 6.33 Å². The average Bonchev–Trinajstić information content (AvgIpc) is 3.18. The van der Waals surface area contributed by atoms with Gasteiger partial charge in [-0.1, -0.05) is 11.4 Å². The number of aromatic nitrogens is 6. The Morgan fingerprint density at radius 1 is 1.14 bits per heavy atom. The normalized spacial score (nSPS) is 9.55. The summed E-state index contributed by atoms with van der Waals surface area (Å²) in [6.07, 6.45) is 6.49. The number of rotatable bonds is 1. The van der Waals surface area contributed by atoms with Gasteiger partial charge >= 0.3 is 0 Å². The Balaban J connectivity index is 0.000000166. The molecular formula is C15H24N6S. The van der Waals surface area contributed by atoms with Gasteiger partial charge in [0.05, 0.1) is 17.7 Å². The molecule has 3 aromatic rings. The number of nitrogens with zero attached hydrogens (tertiary/aromatic N) is 5. The van der Waals surface area contributed by atoms with E-state index in [4.69, 9.17) is 0 Å². The Morgan fingerprint density at radius 3 is 2.05 bits per heavy atom. The number of nitrogens with one attached hydrogen (secondary N) is 1. The lowest BCUT2D eigenvalue weighted by atomic mass is 10.4. The van der Waals surface area contributed by atoms with Crippen LogP contribution in [0.15, 0.2) is 18.7 Å². The zero-order valence-electron chi connectivity index (χ0n) is 14.1. The smallest absolute Gasteiger partial charge is 0.108 e. The van der Waals surface area contributed by atoms with E-state index >= 15 is 0 Å². The Labute approximate surface area is 135 Å². The molecule has 0 spiro atoms. The van der Waals surface area contributed by atoms with Crippen molar-refractivity contribution in [1.29, 1.82) is 0 Å². The molecule has 0 saturated carbocycles. The minimum atomic E-state index is 1.02. The predicted molar refractivity (Wildman–Crippen MR) is 90.0 cm³/mol. The molecule has 7 heteroatoms. The molecule has 0 aromatic carbocycles. The van der Waals surface area contributed by atoms with Crippen LogP contribution in [0.4, 0.5) is 0 Å². The van der Waals surface area contributed by atoms with Gasteiger partial charge < -0.3 is 9.55 Å². The summed E-state index contributed by atoms with van der Waals surface area (Å²) in [6.45, 7) is 10.1. The molecule has 6 nitrogen and oxygen atoms in total. The molecule has 0 amide bonds. The van der Waals surface area contributed by atoms with Crippen LogP contribution in [0.3, 0.4) is 0 Å². The first-order valence-corrected chi connectivity index (χ1v) is 7.91. The fourth-order valence-corrected chi connectivity index (χ4v) is 1.90. The van der Waals surface area contributed by atoms with Gasteiger partial charge in [-0.2, -0.15) is 0 Å². The molecule has 1 N–H and O–H groups in total. The first kappa shape index (κ1) is 18.0. The zero-order chi connectivity index (χ0) is 16.5. The van der Waals surface area contributed by atoms with Gasteiger partial charge in [-0.15, -0.1) is 5.10 Å². The first-order valence-electron chi connectivity index (χ1n) is 7.14. The lowest BCUT2D eigenvalue weighted by Gasteiger charge is -1.92. The van der Waals surface area contributed by atoms with Crippen LogP contribution in [0, 0.1) is 27.7 Å². The van der Waals surface area contributed by atoms with E-state index in [-0.39, 0.29) is 0 Å². The molecule has 0 aliphatic heterocycles. The monoisotopic (exact) mass is 320 g/mol. The lowest BCUT2D eigenvalue weighted by molar-refractivity contribution is 0.808. The largest absolute Gasteiger partial charge is 0.348 e. The standard InChI is InChI=1S/C6H10N2.C5H8N2.C4H6N2S/c1-3-6-7-4-5-8(6)2;1-4-5(2)7-3-6-4;1-3-4(2)7-6-5-3/h4-5H,3H2,1-2H3;3H,1-2H3,(H,6,7);1-2H3. The van der Waals surface area contributed by atoms with E-state index in [9.17, 15) is 0 Å². The highest BCUT2D eigenvalue weighted by Crippen LogP contribution is 2.04. The summed E-state index contributed by atoms with van der Waals surface area (Å²) in [5.41, 5.74) is 3.28. The van der Waals surface area contributed by atoms with Crippen LogP contribution in [0.2, 0.25) is 0 Å². The zero-order valence-corrected chi connectivity index (χ0v) is 14.9. The molecule has 120 valence electrons. The van der Waals surface area contributed by atoms with Gasteiger partial charge in [0, 0.05) is 36.4 Å². The highest BCUT2D eigenvalue weighted by molar-refractivity contribution is 7.05. The fraction of sp³-hybridized carbons (Fsp3) is 0.467. The van der Waals surface area contributed by atoms with Crippen LogP contribution in [-0.2, 0) is 13.5 Å². The molecule has 0 radical (unpaired) electrons. The van der Waals surface area contributed by atoms with E-state index in [1.807, 2.05) is 51.7 Å². The molecule has 0 unspecified atom stereocenters. The molecule has 0 atom stereocenters. The van der Waals surface area contributed by atoms with E-state index in [1.165, 1.54) is 16.4 Å². The quantitative estimate of drug-likeness (QED) is 0.747. The van der Waals surface area contributed by atoms with Gasteiger partial charge in [0.1, 0.15) is 5.82 Å². The number of aryl methyl sites for hydroxylation is 6. The second kappa shape index (κ2) is 9.09. The molecule has 3 heterocycles. The van der Waals surface area contributed by atoms with Crippen molar-refractivity contribution in [3.8, 4) is 0 Å². The van der Waals surface area contributed by atoms with Crippen molar-refractivity contribution in [3.05, 3.63) is 46.5 Å². The number of H-pyrrole nitrogens is 1. The van der Waals surface area contributed by atoms with Crippen molar-refractivity contribution in [3.63, 3.8) is 0 Å². The summed E-state index contributed by atoms with van der Waals surface area (Å²) in [7, 11) is 2.01. The highest BCUT2D eigenvalue weighted by atomic mass is 32.1. The van der Waals surface area contributed by atoms with Crippen LogP contribution in [0.1, 0.15) is 34.7 Å². The summed E-state index contributed by atoms with van der Waals surface area (Å²) in [4.78, 5) is 12.2. The van der Waals surface area contributed by atoms with E-state index < -0.39 is 0 Å². The van der Waals surface area contributed by atoms with E-state index in [2.05, 4.69) is 31.5 Å². The fourth-order valence-electron chi connectivity index (χ4n) is 1.44. The van der Waals surface area contributed by atoms with Gasteiger partial charge in [0.2, 0.25) is 0 Å². The summed E-state index contributed by atoms with van der Waals surface area (Å²) in [5.74, 6) is 1.14. The highest BCUT2D eigenvalue weighted by Gasteiger charge is 1.91. The predicted octanol–water partition coefficient (Wildman–Crippen LogP) is 3.16. The molecule has 0 aliphatic rings. The van der Waals surface area contributed by atoms with Crippen molar-refractivity contribution >= 4 is 11.5 Å². The van der Waals surface area contributed by atoms with Gasteiger partial charge in [0.15, 0.2) is 0 Å². The topological polar surface area (TPSA) is 72.3 Å². The van der Waals surface area contributed by atoms with E-state index in [0.717, 1.165) is 29.3 Å². The molecule has 0 fully saturated rings. The number of hydrogen-bond donors (Lipinski definition) is 1. The van der Waals surface area contributed by atoms with Crippen LogP contribution >= 0.6 is 11.5 Å². The average molecular weight is 320 g/mol. The van der Waals surface area contributed by atoms with Gasteiger partial charge in [0.25, 0.3) is 0 Å². The van der Waals surface area contributed by atoms with Gasteiger partial charge in [-0.3, -0.25) is 0 Å². The van der Waals surface area contributed by atoms with Crippen molar-refractivity contribution in [2.75, 3.05) is 0 Å².